The van der Waals surface area contributed by atoms with E-state index in [1.54, 1.807) is 12.1 Å². The Kier molecular flexibility index (Phi) is 7.41. The van der Waals surface area contributed by atoms with Crippen molar-refractivity contribution in [3.63, 3.8) is 0 Å². The third-order valence-corrected chi connectivity index (χ3v) is 7.83. The average molecular weight is 499 g/mol. The van der Waals surface area contributed by atoms with Crippen LogP contribution >= 0.6 is 23.7 Å². The van der Waals surface area contributed by atoms with Gasteiger partial charge in [0.1, 0.15) is 11.5 Å². The second-order valence-electron chi connectivity index (χ2n) is 10.0. The maximum Gasteiger partial charge on any atom is 0.156 e. The monoisotopic (exact) mass is 498 g/mol. The van der Waals surface area contributed by atoms with Crippen LogP contribution in [0.5, 0.6) is 0 Å². The van der Waals surface area contributed by atoms with Crippen LogP contribution < -0.4 is 5.32 Å². The fourth-order valence-electron chi connectivity index (χ4n) is 4.54. The highest BCUT2D eigenvalue weighted by Gasteiger charge is 2.31. The van der Waals surface area contributed by atoms with Crippen molar-refractivity contribution in [1.29, 1.82) is 0 Å². The molecule has 1 aromatic heterocycles. The Morgan fingerprint density at radius 2 is 1.97 bits per heavy atom. The van der Waals surface area contributed by atoms with E-state index in [0.29, 0.717) is 6.04 Å². The molecule has 0 saturated carbocycles. The Morgan fingerprint density at radius 3 is 2.76 bits per heavy atom. The molecule has 0 spiro atoms. The van der Waals surface area contributed by atoms with Gasteiger partial charge in [-0.25, -0.2) is 14.4 Å². The summed E-state index contributed by atoms with van der Waals surface area (Å²) in [6, 6.07) is 15.7. The number of rotatable bonds is 3. The molecule has 2 aliphatic heterocycles. The third-order valence-electron chi connectivity index (χ3n) is 6.35. The molecule has 2 aromatic carbocycles. The van der Waals surface area contributed by atoms with Gasteiger partial charge in [0.05, 0.1) is 10.7 Å². The molecule has 1 N–H and O–H groups in total. The van der Waals surface area contributed by atoms with Gasteiger partial charge in [-0.2, -0.15) is 0 Å². The predicted octanol–water partition coefficient (Wildman–Crippen LogP) is 5.89. The molecule has 3 heterocycles. The van der Waals surface area contributed by atoms with Crippen LogP contribution in [0, 0.1) is 5.82 Å². The van der Waals surface area contributed by atoms with E-state index in [1.807, 2.05) is 17.4 Å². The van der Waals surface area contributed by atoms with Crippen molar-refractivity contribution >= 4 is 35.3 Å². The van der Waals surface area contributed by atoms with Gasteiger partial charge in [0.2, 0.25) is 0 Å². The van der Waals surface area contributed by atoms with Crippen LogP contribution in [0.1, 0.15) is 53.9 Å². The molecule has 0 unspecified atom stereocenters. The van der Waals surface area contributed by atoms with E-state index in [0.717, 1.165) is 66.7 Å². The van der Waals surface area contributed by atoms with Crippen LogP contribution in [0.2, 0.25) is 0 Å². The number of nitrogens with zero attached hydrogens (tertiary/aromatic N) is 3. The lowest BCUT2D eigenvalue weighted by Gasteiger charge is -2.35. The van der Waals surface area contributed by atoms with Crippen LogP contribution in [0.3, 0.4) is 0 Å². The average Bonchev–Trinajstić information content (AvgIpc) is 3.15. The number of piperazine rings is 1. The van der Waals surface area contributed by atoms with E-state index in [-0.39, 0.29) is 23.6 Å². The molecule has 180 valence electrons. The largest absolute Gasteiger partial charge is 0.352 e. The standard InChI is InChI=1S/C27H31FN4S.ClH/c1-27(2,3)26-31-24-23(33-26)16-19-8-4-5-10-22(19)30-25(24)32-14-13-29-21(17-32)12-11-18-7-6-9-20(28)15-18;/h4-10,15,21,29H,11-14,16-17H2,1-3H3;1H/t21-;/m0./s1. The van der Waals surface area contributed by atoms with Crippen molar-refractivity contribution in [2.24, 2.45) is 4.99 Å². The molecule has 1 atom stereocenters. The first kappa shape index (κ1) is 24.8. The minimum Gasteiger partial charge on any atom is -0.352 e. The van der Waals surface area contributed by atoms with Gasteiger partial charge in [-0.3, -0.25) is 0 Å². The summed E-state index contributed by atoms with van der Waals surface area (Å²) in [7, 11) is 0. The van der Waals surface area contributed by atoms with Crippen molar-refractivity contribution in [2.75, 3.05) is 19.6 Å². The van der Waals surface area contributed by atoms with E-state index >= 15 is 0 Å². The van der Waals surface area contributed by atoms with Crippen LogP contribution in [0.15, 0.2) is 53.5 Å². The molecule has 2 aliphatic rings. The molecule has 0 aliphatic carbocycles. The number of aromatic nitrogens is 1. The van der Waals surface area contributed by atoms with E-state index in [2.05, 4.69) is 55.3 Å². The second-order valence-corrected chi connectivity index (χ2v) is 11.1. The van der Waals surface area contributed by atoms with Gasteiger partial charge >= 0.3 is 0 Å². The van der Waals surface area contributed by atoms with Crippen LogP contribution in [-0.4, -0.2) is 41.4 Å². The number of nitrogens with one attached hydrogen (secondary N) is 1. The van der Waals surface area contributed by atoms with Crippen molar-refractivity contribution in [3.05, 3.63) is 81.1 Å². The summed E-state index contributed by atoms with van der Waals surface area (Å²) in [5.41, 5.74) is 4.41. The molecule has 1 saturated heterocycles. The second kappa shape index (κ2) is 10.1. The Morgan fingerprint density at radius 1 is 1.15 bits per heavy atom. The predicted molar refractivity (Wildman–Crippen MR) is 142 cm³/mol. The van der Waals surface area contributed by atoms with Crippen LogP contribution in [0.4, 0.5) is 10.1 Å². The minimum absolute atomic E-state index is 0. The topological polar surface area (TPSA) is 40.5 Å². The van der Waals surface area contributed by atoms with Gasteiger partial charge in [0, 0.05) is 42.4 Å². The molecule has 1 fully saturated rings. The summed E-state index contributed by atoms with van der Waals surface area (Å²) < 4.78 is 13.6. The van der Waals surface area contributed by atoms with Crippen molar-refractivity contribution < 1.29 is 4.39 Å². The van der Waals surface area contributed by atoms with E-state index in [4.69, 9.17) is 9.98 Å². The van der Waals surface area contributed by atoms with Gasteiger partial charge in [0.15, 0.2) is 5.84 Å². The number of amidine groups is 1. The van der Waals surface area contributed by atoms with Gasteiger partial charge in [-0.15, -0.1) is 23.7 Å². The normalized spacial score (nSPS) is 17.8. The molecule has 0 amide bonds. The Labute approximate surface area is 211 Å². The van der Waals surface area contributed by atoms with Crippen molar-refractivity contribution in [3.8, 4) is 0 Å². The lowest BCUT2D eigenvalue weighted by molar-refractivity contribution is 0.281. The van der Waals surface area contributed by atoms with Crippen LogP contribution in [-0.2, 0) is 18.3 Å². The zero-order valence-electron chi connectivity index (χ0n) is 20.0. The number of aryl methyl sites for hydroxylation is 1. The first-order valence-corrected chi connectivity index (χ1v) is 12.6. The number of aliphatic imine (C=N–C) groups is 1. The molecule has 0 bridgehead atoms. The Balaban J connectivity index is 0.00000274. The molecular weight excluding hydrogens is 467 g/mol. The van der Waals surface area contributed by atoms with Gasteiger partial charge < -0.3 is 10.2 Å². The van der Waals surface area contributed by atoms with Crippen LogP contribution in [0.25, 0.3) is 0 Å². The number of fused-ring (bicyclic) bond motifs is 2. The summed E-state index contributed by atoms with van der Waals surface area (Å²) in [5, 5.41) is 4.82. The fraction of sp³-hybridized carbons (Fsp3) is 0.407. The first-order valence-electron chi connectivity index (χ1n) is 11.8. The van der Waals surface area contributed by atoms with Gasteiger partial charge in [-0.1, -0.05) is 51.1 Å². The number of para-hydroxylation sites is 1. The lowest BCUT2D eigenvalue weighted by Crippen LogP contribution is -2.53. The Bertz CT molecular complexity index is 1180. The fourth-order valence-corrected chi connectivity index (χ4v) is 5.68. The number of hydrogen-bond donors (Lipinski definition) is 1. The van der Waals surface area contributed by atoms with Gasteiger partial charge in [-0.05, 0) is 42.2 Å². The SMILES string of the molecule is CC(C)(C)c1nc2c(s1)Cc1ccccc1N=C2N1CCN[C@@H](CCc2cccc(F)c2)C1.Cl. The maximum atomic E-state index is 13.6. The third kappa shape index (κ3) is 5.35. The Hall–Kier alpha value is -2.28. The summed E-state index contributed by atoms with van der Waals surface area (Å²) in [4.78, 5) is 14.0. The number of thiazole rings is 1. The molecule has 3 aromatic rings. The first-order chi connectivity index (χ1) is 15.9. The molecular formula is C27H32ClFN4S. The smallest absolute Gasteiger partial charge is 0.156 e. The lowest BCUT2D eigenvalue weighted by atomic mass is 9.98. The molecule has 5 rings (SSSR count). The highest BCUT2D eigenvalue weighted by atomic mass is 35.5. The van der Waals surface area contributed by atoms with Crippen molar-refractivity contribution in [2.45, 2.75) is 51.5 Å². The maximum absolute atomic E-state index is 13.6. The molecule has 7 heteroatoms. The molecule has 34 heavy (non-hydrogen) atoms. The zero-order valence-corrected chi connectivity index (χ0v) is 21.6. The summed E-state index contributed by atoms with van der Waals surface area (Å²) in [5.74, 6) is 0.835. The quantitative estimate of drug-likeness (QED) is 0.489. The summed E-state index contributed by atoms with van der Waals surface area (Å²) in [6.07, 6.45) is 2.69. The van der Waals surface area contributed by atoms with E-state index < -0.39 is 0 Å². The number of halogens is 2. The summed E-state index contributed by atoms with van der Waals surface area (Å²) >= 11 is 1.83. The minimum atomic E-state index is -0.164. The van der Waals surface area contributed by atoms with Crippen molar-refractivity contribution in [1.82, 2.24) is 15.2 Å². The van der Waals surface area contributed by atoms with Gasteiger partial charge in [0.25, 0.3) is 0 Å². The molecule has 0 radical (unpaired) electrons. The molecule has 4 nitrogen and oxygen atoms in total. The number of benzene rings is 2. The summed E-state index contributed by atoms with van der Waals surface area (Å²) in [6.45, 7) is 9.35. The van der Waals surface area contributed by atoms with E-state index in [1.165, 1.54) is 16.5 Å². The highest BCUT2D eigenvalue weighted by molar-refractivity contribution is 7.12. The van der Waals surface area contributed by atoms with E-state index in [9.17, 15) is 4.39 Å². The zero-order chi connectivity index (χ0) is 23.0. The number of hydrogen-bond acceptors (Lipinski definition) is 5. The highest BCUT2D eigenvalue weighted by Crippen LogP contribution is 2.36.